The number of hydrogen-bond acceptors (Lipinski definition) is 6. The van der Waals surface area contributed by atoms with Crippen LogP contribution in [-0.4, -0.2) is 25.9 Å². The van der Waals surface area contributed by atoms with Gasteiger partial charge in [-0.1, -0.05) is 23.7 Å². The zero-order valence-electron chi connectivity index (χ0n) is 17.7. The van der Waals surface area contributed by atoms with Crippen LogP contribution >= 0.6 is 11.6 Å². The minimum atomic E-state index is -3.85. The molecule has 0 fully saturated rings. The number of halogens is 1. The molecule has 0 spiro atoms. The van der Waals surface area contributed by atoms with E-state index in [9.17, 15) is 23.3 Å². The first-order valence-electron chi connectivity index (χ1n) is 9.62. The molecule has 0 aliphatic carbocycles. The smallest absolute Gasteiger partial charge is 0.274 e. The lowest BCUT2D eigenvalue weighted by Crippen LogP contribution is -2.21. The highest BCUT2D eigenvalue weighted by Crippen LogP contribution is 2.26. The minimum absolute atomic E-state index is 0.00298. The summed E-state index contributed by atoms with van der Waals surface area (Å²) >= 11 is 6.04. The molecule has 0 saturated heterocycles. The van der Waals surface area contributed by atoms with Crippen molar-refractivity contribution in [2.75, 3.05) is 16.6 Å². The van der Waals surface area contributed by atoms with Crippen molar-refractivity contribution in [3.8, 4) is 5.75 Å². The van der Waals surface area contributed by atoms with Gasteiger partial charge in [-0.05, 0) is 61.9 Å². The van der Waals surface area contributed by atoms with Gasteiger partial charge in [-0.25, -0.2) is 8.42 Å². The molecule has 11 heteroatoms. The molecular weight excluding hydrogens is 470 g/mol. The number of nitrogens with zero attached hydrogens (tertiary/aromatic N) is 1. The molecule has 33 heavy (non-hydrogen) atoms. The van der Waals surface area contributed by atoms with E-state index in [0.717, 1.165) is 5.56 Å². The number of ether oxygens (including phenoxy) is 1. The maximum atomic E-state index is 12.6. The Kier molecular flexibility index (Phi) is 7.19. The number of rotatable bonds is 8. The van der Waals surface area contributed by atoms with E-state index < -0.39 is 20.9 Å². The summed E-state index contributed by atoms with van der Waals surface area (Å²) in [5, 5.41) is 14.0. The Balaban J connectivity index is 1.61. The van der Waals surface area contributed by atoms with Crippen molar-refractivity contribution in [1.82, 2.24) is 0 Å². The SMILES string of the molecule is Cc1ccc(NS(=O)(=O)c2ccc(OCC(=O)Nc3cccc([N+](=O)[O-])c3C)cc2)cc1Cl. The van der Waals surface area contributed by atoms with Crippen LogP contribution < -0.4 is 14.8 Å². The van der Waals surface area contributed by atoms with Crippen LogP contribution in [0.2, 0.25) is 5.02 Å². The van der Waals surface area contributed by atoms with E-state index in [4.69, 9.17) is 16.3 Å². The molecule has 1 amide bonds. The number of carbonyl (C=O) groups excluding carboxylic acids is 1. The van der Waals surface area contributed by atoms with E-state index in [1.54, 1.807) is 18.2 Å². The molecule has 0 unspecified atom stereocenters. The zero-order valence-corrected chi connectivity index (χ0v) is 19.2. The third-order valence-corrected chi connectivity index (χ3v) is 6.51. The Morgan fingerprint density at radius 1 is 1.09 bits per heavy atom. The van der Waals surface area contributed by atoms with Crippen molar-refractivity contribution in [2.24, 2.45) is 0 Å². The fourth-order valence-corrected chi connectivity index (χ4v) is 4.11. The molecule has 0 radical (unpaired) electrons. The average molecular weight is 490 g/mol. The standard InChI is InChI=1S/C22H20ClN3O6S/c1-14-6-7-16(12-19(14)23)25-33(30,31)18-10-8-17(9-11-18)32-13-22(27)24-20-4-3-5-21(15(20)2)26(28)29/h3-12,25H,13H2,1-2H3,(H,24,27). The predicted octanol–water partition coefficient (Wildman–Crippen LogP) is 4.68. The zero-order chi connectivity index (χ0) is 24.2. The van der Waals surface area contributed by atoms with E-state index in [1.165, 1.54) is 49.4 Å². The summed E-state index contributed by atoms with van der Waals surface area (Å²) in [6, 6.07) is 14.7. The molecule has 0 aromatic heterocycles. The van der Waals surface area contributed by atoms with Gasteiger partial charge in [-0.3, -0.25) is 19.6 Å². The van der Waals surface area contributed by atoms with E-state index in [2.05, 4.69) is 10.0 Å². The summed E-state index contributed by atoms with van der Waals surface area (Å²) in [6.45, 7) is 2.98. The normalized spacial score (nSPS) is 11.0. The highest BCUT2D eigenvalue weighted by molar-refractivity contribution is 7.92. The molecule has 2 N–H and O–H groups in total. The van der Waals surface area contributed by atoms with E-state index >= 15 is 0 Å². The van der Waals surface area contributed by atoms with Gasteiger partial charge in [0.25, 0.3) is 21.6 Å². The molecule has 0 heterocycles. The summed E-state index contributed by atoms with van der Waals surface area (Å²) in [7, 11) is -3.85. The molecular formula is C22H20ClN3O6S. The average Bonchev–Trinajstić information content (AvgIpc) is 2.76. The van der Waals surface area contributed by atoms with Gasteiger partial charge in [-0.2, -0.15) is 0 Å². The maximum absolute atomic E-state index is 12.6. The minimum Gasteiger partial charge on any atom is -0.484 e. The second-order valence-corrected chi connectivity index (χ2v) is 9.17. The third kappa shape index (κ3) is 5.99. The van der Waals surface area contributed by atoms with Crippen LogP contribution in [-0.2, 0) is 14.8 Å². The van der Waals surface area contributed by atoms with Crippen molar-refractivity contribution in [3.63, 3.8) is 0 Å². The van der Waals surface area contributed by atoms with Gasteiger partial charge in [0.2, 0.25) is 0 Å². The third-order valence-electron chi connectivity index (χ3n) is 4.70. The lowest BCUT2D eigenvalue weighted by atomic mass is 10.1. The number of nitrogens with one attached hydrogen (secondary N) is 2. The Morgan fingerprint density at radius 3 is 2.42 bits per heavy atom. The molecule has 3 aromatic carbocycles. The van der Waals surface area contributed by atoms with E-state index in [-0.39, 0.29) is 22.9 Å². The number of aryl methyl sites for hydroxylation is 1. The van der Waals surface area contributed by atoms with Crippen LogP contribution in [0.3, 0.4) is 0 Å². The van der Waals surface area contributed by atoms with Crippen molar-refractivity contribution in [3.05, 3.63) is 86.9 Å². The van der Waals surface area contributed by atoms with Crippen LogP contribution in [0.4, 0.5) is 17.1 Å². The highest BCUT2D eigenvalue weighted by atomic mass is 35.5. The largest absolute Gasteiger partial charge is 0.484 e. The number of anilines is 2. The van der Waals surface area contributed by atoms with Crippen molar-refractivity contribution in [2.45, 2.75) is 18.7 Å². The molecule has 3 aromatic rings. The van der Waals surface area contributed by atoms with Crippen LogP contribution in [0.1, 0.15) is 11.1 Å². The Bertz CT molecular complexity index is 1310. The molecule has 0 aliphatic rings. The van der Waals surface area contributed by atoms with Gasteiger partial charge in [0, 0.05) is 11.1 Å². The van der Waals surface area contributed by atoms with Gasteiger partial charge >= 0.3 is 0 Å². The molecule has 0 bridgehead atoms. The Morgan fingerprint density at radius 2 is 1.79 bits per heavy atom. The predicted molar refractivity (Wildman–Crippen MR) is 125 cm³/mol. The highest BCUT2D eigenvalue weighted by Gasteiger charge is 2.16. The van der Waals surface area contributed by atoms with Gasteiger partial charge in [0.15, 0.2) is 6.61 Å². The monoisotopic (exact) mass is 489 g/mol. The first-order chi connectivity index (χ1) is 15.6. The number of nitro groups is 1. The maximum Gasteiger partial charge on any atom is 0.274 e. The summed E-state index contributed by atoms with van der Waals surface area (Å²) in [6.07, 6.45) is 0. The Hall–Kier alpha value is -3.63. The number of nitro benzene ring substituents is 1. The molecule has 0 atom stereocenters. The van der Waals surface area contributed by atoms with Crippen molar-refractivity contribution < 1.29 is 22.9 Å². The first kappa shape index (κ1) is 24.0. The fraction of sp³-hybridized carbons (Fsp3) is 0.136. The lowest BCUT2D eigenvalue weighted by molar-refractivity contribution is -0.385. The second-order valence-electron chi connectivity index (χ2n) is 7.08. The van der Waals surface area contributed by atoms with Crippen molar-refractivity contribution in [1.29, 1.82) is 0 Å². The summed E-state index contributed by atoms with van der Waals surface area (Å²) in [4.78, 5) is 22.7. The molecule has 9 nitrogen and oxygen atoms in total. The van der Waals surface area contributed by atoms with Gasteiger partial charge in [0.1, 0.15) is 5.75 Å². The first-order valence-corrected chi connectivity index (χ1v) is 11.5. The summed E-state index contributed by atoms with van der Waals surface area (Å²) in [5.41, 5.74) is 1.69. The molecule has 0 saturated carbocycles. The van der Waals surface area contributed by atoms with E-state index in [0.29, 0.717) is 22.0 Å². The topological polar surface area (TPSA) is 128 Å². The van der Waals surface area contributed by atoms with Crippen molar-refractivity contribution >= 4 is 44.6 Å². The van der Waals surface area contributed by atoms with E-state index in [1.807, 2.05) is 6.92 Å². The van der Waals surface area contributed by atoms with Gasteiger partial charge in [0.05, 0.1) is 26.8 Å². The number of amides is 1. The molecule has 172 valence electrons. The number of hydrogen-bond donors (Lipinski definition) is 2. The van der Waals surface area contributed by atoms with Crippen LogP contribution in [0, 0.1) is 24.0 Å². The number of benzene rings is 3. The molecule has 3 rings (SSSR count). The molecule has 0 aliphatic heterocycles. The van der Waals surface area contributed by atoms with Crippen LogP contribution in [0.25, 0.3) is 0 Å². The van der Waals surface area contributed by atoms with Crippen LogP contribution in [0.5, 0.6) is 5.75 Å². The van der Waals surface area contributed by atoms with Gasteiger partial charge in [-0.15, -0.1) is 0 Å². The van der Waals surface area contributed by atoms with Crippen LogP contribution in [0.15, 0.2) is 65.6 Å². The second kappa shape index (κ2) is 9.88. The quantitative estimate of drug-likeness (QED) is 0.349. The lowest BCUT2D eigenvalue weighted by Gasteiger charge is -2.11. The summed E-state index contributed by atoms with van der Waals surface area (Å²) < 4.78 is 33.0. The fourth-order valence-electron chi connectivity index (χ4n) is 2.88. The number of carbonyl (C=O) groups is 1. The number of sulfonamides is 1. The Labute approximate surface area is 195 Å². The summed E-state index contributed by atoms with van der Waals surface area (Å²) in [5.74, 6) is -0.244. The van der Waals surface area contributed by atoms with Gasteiger partial charge < -0.3 is 10.1 Å².